The molecule has 0 N–H and O–H groups in total. The number of carbonyl (C=O) groups is 1. The number of hydrogen-bond acceptors (Lipinski definition) is 1. The van der Waals surface area contributed by atoms with E-state index < -0.39 is 0 Å². The van der Waals surface area contributed by atoms with Gasteiger partial charge in [0.05, 0.1) is 0 Å². The van der Waals surface area contributed by atoms with Gasteiger partial charge in [0.2, 0.25) is 0 Å². The van der Waals surface area contributed by atoms with Gasteiger partial charge in [0, 0.05) is 6.42 Å². The Morgan fingerprint density at radius 3 is 2.33 bits per heavy atom. The predicted octanol–water partition coefficient (Wildman–Crippen LogP) is 0.966. The van der Waals surface area contributed by atoms with Gasteiger partial charge in [-0.05, 0) is 13.0 Å². The van der Waals surface area contributed by atoms with Crippen LogP contribution in [-0.4, -0.2) is 5.78 Å². The minimum absolute atomic E-state index is 0.00463. The molecule has 0 spiro atoms. The highest BCUT2D eigenvalue weighted by Gasteiger charge is 1.82. The lowest BCUT2D eigenvalue weighted by Crippen LogP contribution is -1.83. The van der Waals surface area contributed by atoms with Crippen molar-refractivity contribution >= 4 is 5.78 Å². The highest BCUT2D eigenvalue weighted by Crippen LogP contribution is 1.75. The lowest BCUT2D eigenvalue weighted by Gasteiger charge is -1.75. The number of hydrogen-bond donors (Lipinski definition) is 0. The van der Waals surface area contributed by atoms with Crippen molar-refractivity contribution < 1.29 is 4.79 Å². The molecule has 33 valence electrons. The van der Waals surface area contributed by atoms with Crippen LogP contribution in [0.3, 0.4) is 0 Å². The van der Waals surface area contributed by atoms with Crippen molar-refractivity contribution in [3.63, 3.8) is 0 Å². The maximum absolute atomic E-state index is 10.0. The van der Waals surface area contributed by atoms with E-state index in [2.05, 4.69) is 13.5 Å². The van der Waals surface area contributed by atoms with E-state index in [-0.39, 0.29) is 5.78 Å². The van der Waals surface area contributed by atoms with E-state index in [1.165, 1.54) is 6.08 Å². The second-order valence-corrected chi connectivity index (χ2v) is 0.920. The summed E-state index contributed by atoms with van der Waals surface area (Å²) in [5, 5.41) is 0. The van der Waals surface area contributed by atoms with Crippen LogP contribution in [-0.2, 0) is 4.79 Å². The van der Waals surface area contributed by atoms with Crippen molar-refractivity contribution in [2.45, 2.75) is 6.42 Å². The average Bonchev–Trinajstić information content (AvgIpc) is 1.65. The topological polar surface area (TPSA) is 17.1 Å². The Kier molecular flexibility index (Phi) is 2.38. The van der Waals surface area contributed by atoms with E-state index in [4.69, 9.17) is 0 Å². The highest BCUT2D eigenvalue weighted by molar-refractivity contribution is 5.89. The second-order valence-electron chi connectivity index (χ2n) is 0.920. The third-order valence-electron chi connectivity index (χ3n) is 0.474. The molecule has 1 heteroatoms. The molecule has 0 unspecified atom stereocenters. The summed E-state index contributed by atoms with van der Waals surface area (Å²) in [4.78, 5) is 10.0. The van der Waals surface area contributed by atoms with Crippen molar-refractivity contribution in [1.29, 1.82) is 0 Å². The first kappa shape index (κ1) is 5.41. The third kappa shape index (κ3) is 1.70. The molecule has 1 nitrogen and oxygen atoms in total. The molecule has 0 rings (SSSR count). The monoisotopic (exact) mass is 83.0 g/mol. The number of carbonyl (C=O) groups excluding carboxylic acids is 1. The maximum atomic E-state index is 10.0. The van der Waals surface area contributed by atoms with Gasteiger partial charge in [-0.2, -0.15) is 0 Å². The first-order valence-corrected chi connectivity index (χ1v) is 1.75. The van der Waals surface area contributed by atoms with Crippen LogP contribution in [0.25, 0.3) is 0 Å². The van der Waals surface area contributed by atoms with Gasteiger partial charge in [-0.25, -0.2) is 0 Å². The van der Waals surface area contributed by atoms with Gasteiger partial charge in [-0.1, -0.05) is 6.58 Å². The Labute approximate surface area is 37.7 Å². The van der Waals surface area contributed by atoms with E-state index in [9.17, 15) is 4.79 Å². The maximum Gasteiger partial charge on any atom is 0.155 e. The lowest BCUT2D eigenvalue weighted by molar-refractivity contribution is -0.113. The zero-order valence-electron chi connectivity index (χ0n) is 3.61. The first-order valence-electron chi connectivity index (χ1n) is 1.75. The molecule has 1 radical (unpaired) electrons. The Hall–Kier alpha value is -0.590. The lowest BCUT2D eigenvalue weighted by atomic mass is 10.3. The van der Waals surface area contributed by atoms with Crippen molar-refractivity contribution in [1.82, 2.24) is 0 Å². The summed E-state index contributed by atoms with van der Waals surface area (Å²) in [6, 6.07) is 0. The van der Waals surface area contributed by atoms with Gasteiger partial charge in [0.1, 0.15) is 0 Å². The molecule has 6 heavy (non-hydrogen) atoms. The van der Waals surface area contributed by atoms with Crippen molar-refractivity contribution in [2.75, 3.05) is 0 Å². The molecule has 0 bridgehead atoms. The molecule has 0 saturated carbocycles. The van der Waals surface area contributed by atoms with Crippen molar-refractivity contribution in [3.8, 4) is 0 Å². The standard InChI is InChI=1S/C5H7O/c1-3-5(6)4-2/h3H,1-2,4H2. The van der Waals surface area contributed by atoms with Gasteiger partial charge in [0.25, 0.3) is 0 Å². The molecule has 0 aromatic rings. The minimum Gasteiger partial charge on any atom is -0.295 e. The highest BCUT2D eigenvalue weighted by atomic mass is 16.1. The largest absolute Gasteiger partial charge is 0.295 e. The smallest absolute Gasteiger partial charge is 0.155 e. The van der Waals surface area contributed by atoms with Crippen molar-refractivity contribution in [2.24, 2.45) is 0 Å². The summed E-state index contributed by atoms with van der Waals surface area (Å²) in [5.74, 6) is -0.00463. The molecular formula is C5H7O. The Balaban J connectivity index is 3.23. The van der Waals surface area contributed by atoms with E-state index in [0.717, 1.165) is 0 Å². The van der Waals surface area contributed by atoms with Crippen LogP contribution in [0.2, 0.25) is 0 Å². The van der Waals surface area contributed by atoms with Crippen LogP contribution in [0.1, 0.15) is 6.42 Å². The molecule has 0 aromatic carbocycles. The molecule has 0 aliphatic rings. The summed E-state index contributed by atoms with van der Waals surface area (Å²) >= 11 is 0. The van der Waals surface area contributed by atoms with E-state index in [1.54, 1.807) is 0 Å². The average molecular weight is 83.1 g/mol. The third-order valence-corrected chi connectivity index (χ3v) is 0.474. The van der Waals surface area contributed by atoms with Crippen LogP contribution in [0.5, 0.6) is 0 Å². The first-order chi connectivity index (χ1) is 2.81. The van der Waals surface area contributed by atoms with E-state index >= 15 is 0 Å². The molecule has 0 aliphatic heterocycles. The molecule has 0 saturated heterocycles. The van der Waals surface area contributed by atoms with Crippen LogP contribution in [0.4, 0.5) is 0 Å². The fraction of sp³-hybridized carbons (Fsp3) is 0.200. The molecule has 0 aromatic heterocycles. The second kappa shape index (κ2) is 2.64. The normalized spacial score (nSPS) is 7.50. The number of rotatable bonds is 2. The number of ketones is 1. The fourth-order valence-corrected chi connectivity index (χ4v) is 0.102. The quantitative estimate of drug-likeness (QED) is 0.454. The molecule has 0 atom stereocenters. The van der Waals surface area contributed by atoms with Crippen LogP contribution < -0.4 is 0 Å². The van der Waals surface area contributed by atoms with Gasteiger partial charge in [-0.3, -0.25) is 4.79 Å². The van der Waals surface area contributed by atoms with E-state index in [1.807, 2.05) is 0 Å². The summed E-state index contributed by atoms with van der Waals surface area (Å²) in [5.41, 5.74) is 0. The zero-order chi connectivity index (χ0) is 4.99. The van der Waals surface area contributed by atoms with Crippen LogP contribution >= 0.6 is 0 Å². The molecule has 0 amide bonds. The summed E-state index contributed by atoms with van der Waals surface area (Å²) in [6.07, 6.45) is 1.59. The SMILES string of the molecule is [CH2]CC(=O)C=C. The van der Waals surface area contributed by atoms with Gasteiger partial charge in [0.15, 0.2) is 5.78 Å². The Bertz CT molecular complexity index is 64.3. The van der Waals surface area contributed by atoms with Gasteiger partial charge in [-0.15, -0.1) is 0 Å². The Morgan fingerprint density at radius 1 is 1.83 bits per heavy atom. The Morgan fingerprint density at radius 2 is 2.33 bits per heavy atom. The molecule has 0 fully saturated rings. The molecular weight excluding hydrogens is 76.1 g/mol. The summed E-state index contributed by atoms with van der Waals surface area (Å²) in [7, 11) is 0. The number of allylic oxidation sites excluding steroid dienone is 1. The molecule has 0 aliphatic carbocycles. The summed E-state index contributed by atoms with van der Waals surface area (Å²) in [6.45, 7) is 6.58. The van der Waals surface area contributed by atoms with Gasteiger partial charge < -0.3 is 0 Å². The fourth-order valence-electron chi connectivity index (χ4n) is 0.102. The van der Waals surface area contributed by atoms with Crippen molar-refractivity contribution in [3.05, 3.63) is 19.6 Å². The van der Waals surface area contributed by atoms with Crippen LogP contribution in [0.15, 0.2) is 12.7 Å². The molecule has 0 heterocycles. The zero-order valence-corrected chi connectivity index (χ0v) is 3.61. The van der Waals surface area contributed by atoms with E-state index in [0.29, 0.717) is 6.42 Å². The van der Waals surface area contributed by atoms with Gasteiger partial charge >= 0.3 is 0 Å². The van der Waals surface area contributed by atoms with Crippen LogP contribution in [0, 0.1) is 6.92 Å². The summed E-state index contributed by atoms with van der Waals surface area (Å²) < 4.78 is 0. The predicted molar refractivity (Wildman–Crippen MR) is 25.2 cm³/mol. The minimum atomic E-state index is -0.00463.